The first-order chi connectivity index (χ1) is 14.8. The number of carbonyl (C=O) groups is 1. The molecule has 6 nitrogen and oxygen atoms in total. The second-order valence-corrected chi connectivity index (χ2v) is 7.50. The normalized spacial score (nSPS) is 18.5. The fourth-order valence-electron chi connectivity index (χ4n) is 4.02. The molecule has 0 radical (unpaired) electrons. The highest BCUT2D eigenvalue weighted by Crippen LogP contribution is 2.26. The molecule has 2 atom stereocenters. The number of fused-ring (bicyclic) bond motifs is 1. The Labute approximate surface area is 173 Å². The number of nitrogens with one attached hydrogen (secondary N) is 1. The van der Waals surface area contributed by atoms with Crippen molar-refractivity contribution in [3.8, 4) is 11.3 Å². The highest BCUT2D eigenvalue weighted by molar-refractivity contribution is 5.99. The van der Waals surface area contributed by atoms with Crippen LogP contribution in [0, 0.1) is 5.92 Å². The third-order valence-corrected chi connectivity index (χ3v) is 5.59. The number of rotatable bonds is 5. The molecule has 4 aromatic rings. The number of benzene rings is 2. The molecule has 1 aliphatic heterocycles. The summed E-state index contributed by atoms with van der Waals surface area (Å²) in [7, 11) is 0. The van der Waals surface area contributed by atoms with Gasteiger partial charge in [0, 0.05) is 23.1 Å². The maximum atomic E-state index is 13.0. The van der Waals surface area contributed by atoms with Crippen molar-refractivity contribution in [1.29, 1.82) is 0 Å². The average Bonchev–Trinajstić information content (AvgIpc) is 3.45. The standard InChI is InChI=1S/C24H21N3O3/c28-24(20-13-26-30-23(20)16-6-2-1-3-7-16)27-22-15-29-14-18(22)12-17-10-11-25-21-9-5-4-8-19(17)21/h1-11,13,18,22H,12,14-15H2,(H,27,28)/t18-,22-/m1/s1. The molecule has 30 heavy (non-hydrogen) atoms. The monoisotopic (exact) mass is 399 g/mol. The minimum Gasteiger partial charge on any atom is -0.379 e. The minimum absolute atomic E-state index is 0.0806. The SMILES string of the molecule is O=C(N[C@@H]1COC[C@H]1Cc1ccnc2ccccc12)c1cnoc1-c1ccccc1. The lowest BCUT2D eigenvalue weighted by Gasteiger charge is -2.19. The Balaban J connectivity index is 1.34. The van der Waals surface area contributed by atoms with Crippen molar-refractivity contribution in [2.24, 2.45) is 5.92 Å². The van der Waals surface area contributed by atoms with E-state index in [2.05, 4.69) is 21.5 Å². The highest BCUT2D eigenvalue weighted by Gasteiger charge is 2.31. The third kappa shape index (κ3) is 3.57. The van der Waals surface area contributed by atoms with Crippen LogP contribution in [0.4, 0.5) is 0 Å². The summed E-state index contributed by atoms with van der Waals surface area (Å²) in [4.78, 5) is 17.4. The average molecular weight is 399 g/mol. The van der Waals surface area contributed by atoms with E-state index >= 15 is 0 Å². The fourth-order valence-corrected chi connectivity index (χ4v) is 4.02. The van der Waals surface area contributed by atoms with Crippen LogP contribution in [-0.2, 0) is 11.2 Å². The fraction of sp³-hybridized carbons (Fsp3) is 0.208. The number of nitrogens with zero attached hydrogens (tertiary/aromatic N) is 2. The summed E-state index contributed by atoms with van der Waals surface area (Å²) in [5.41, 5.74) is 3.45. The quantitative estimate of drug-likeness (QED) is 0.551. The zero-order chi connectivity index (χ0) is 20.3. The molecule has 0 unspecified atom stereocenters. The number of carbonyl (C=O) groups excluding carboxylic acids is 1. The second kappa shape index (κ2) is 8.08. The number of pyridine rings is 1. The molecule has 6 heteroatoms. The van der Waals surface area contributed by atoms with Crippen LogP contribution in [0.5, 0.6) is 0 Å². The van der Waals surface area contributed by atoms with E-state index in [-0.39, 0.29) is 17.9 Å². The Morgan fingerprint density at radius 3 is 2.77 bits per heavy atom. The Kier molecular flexibility index (Phi) is 4.99. The number of hydrogen-bond donors (Lipinski definition) is 1. The molecule has 1 aliphatic rings. The van der Waals surface area contributed by atoms with Gasteiger partial charge >= 0.3 is 0 Å². The lowest BCUT2D eigenvalue weighted by atomic mass is 9.93. The molecule has 3 heterocycles. The Morgan fingerprint density at radius 2 is 1.87 bits per heavy atom. The summed E-state index contributed by atoms with van der Waals surface area (Å²) in [6.07, 6.45) is 4.12. The molecule has 1 saturated heterocycles. The molecule has 0 bridgehead atoms. The second-order valence-electron chi connectivity index (χ2n) is 7.50. The molecule has 2 aromatic carbocycles. The Hall–Kier alpha value is -3.51. The molecule has 0 saturated carbocycles. The summed E-state index contributed by atoms with van der Waals surface area (Å²) in [5, 5.41) is 8.11. The topological polar surface area (TPSA) is 77.2 Å². The van der Waals surface area contributed by atoms with E-state index in [0.29, 0.717) is 24.5 Å². The molecule has 0 aliphatic carbocycles. The lowest BCUT2D eigenvalue weighted by molar-refractivity contribution is 0.0925. The molecule has 2 aromatic heterocycles. The predicted molar refractivity (Wildman–Crippen MR) is 113 cm³/mol. The van der Waals surface area contributed by atoms with Gasteiger partial charge in [0.1, 0.15) is 5.56 Å². The van der Waals surface area contributed by atoms with Gasteiger partial charge in [-0.25, -0.2) is 0 Å². The molecule has 1 amide bonds. The summed E-state index contributed by atoms with van der Waals surface area (Å²) >= 11 is 0. The van der Waals surface area contributed by atoms with E-state index in [1.54, 1.807) is 0 Å². The zero-order valence-corrected chi connectivity index (χ0v) is 16.3. The minimum atomic E-state index is -0.199. The van der Waals surface area contributed by atoms with E-state index < -0.39 is 0 Å². The van der Waals surface area contributed by atoms with Gasteiger partial charge in [0.15, 0.2) is 5.76 Å². The van der Waals surface area contributed by atoms with Crippen LogP contribution >= 0.6 is 0 Å². The number of aromatic nitrogens is 2. The first-order valence-electron chi connectivity index (χ1n) is 10.0. The molecule has 0 spiro atoms. The first-order valence-corrected chi connectivity index (χ1v) is 10.0. The molecular weight excluding hydrogens is 378 g/mol. The third-order valence-electron chi connectivity index (χ3n) is 5.59. The Bertz CT molecular complexity index is 1170. The van der Waals surface area contributed by atoms with Gasteiger partial charge < -0.3 is 14.6 Å². The number of hydrogen-bond acceptors (Lipinski definition) is 5. The number of para-hydroxylation sites is 1. The van der Waals surface area contributed by atoms with Gasteiger partial charge in [0.05, 0.1) is 31.0 Å². The summed E-state index contributed by atoms with van der Waals surface area (Å²) in [5.74, 6) is 0.457. The summed E-state index contributed by atoms with van der Waals surface area (Å²) in [6, 6.07) is 19.6. The van der Waals surface area contributed by atoms with Crippen LogP contribution in [0.2, 0.25) is 0 Å². The largest absolute Gasteiger partial charge is 0.379 e. The van der Waals surface area contributed by atoms with E-state index in [1.807, 2.05) is 60.8 Å². The Morgan fingerprint density at radius 1 is 1.03 bits per heavy atom. The van der Waals surface area contributed by atoms with Crippen LogP contribution in [-0.4, -0.2) is 35.3 Å². The van der Waals surface area contributed by atoms with Gasteiger partial charge in [0.2, 0.25) is 0 Å². The van der Waals surface area contributed by atoms with Crippen molar-refractivity contribution in [1.82, 2.24) is 15.5 Å². The first kappa shape index (κ1) is 18.5. The van der Waals surface area contributed by atoms with E-state index in [4.69, 9.17) is 9.26 Å². The van der Waals surface area contributed by atoms with Crippen LogP contribution in [0.25, 0.3) is 22.2 Å². The van der Waals surface area contributed by atoms with Crippen molar-refractivity contribution >= 4 is 16.8 Å². The molecule has 5 rings (SSSR count). The van der Waals surface area contributed by atoms with Gasteiger partial charge in [-0.15, -0.1) is 0 Å². The van der Waals surface area contributed by atoms with Crippen LogP contribution < -0.4 is 5.32 Å². The molecule has 1 fully saturated rings. The van der Waals surface area contributed by atoms with Gasteiger partial charge in [-0.05, 0) is 24.1 Å². The summed E-state index contributed by atoms with van der Waals surface area (Å²) in [6.45, 7) is 1.10. The number of amides is 1. The number of ether oxygens (including phenoxy) is 1. The van der Waals surface area contributed by atoms with Gasteiger partial charge in [0.25, 0.3) is 5.91 Å². The zero-order valence-electron chi connectivity index (χ0n) is 16.3. The van der Waals surface area contributed by atoms with Gasteiger partial charge in [-0.3, -0.25) is 9.78 Å². The van der Waals surface area contributed by atoms with Crippen molar-refractivity contribution in [2.75, 3.05) is 13.2 Å². The van der Waals surface area contributed by atoms with Crippen molar-refractivity contribution in [3.63, 3.8) is 0 Å². The van der Waals surface area contributed by atoms with Gasteiger partial charge in [-0.2, -0.15) is 0 Å². The lowest BCUT2D eigenvalue weighted by Crippen LogP contribution is -2.40. The molecule has 1 N–H and O–H groups in total. The smallest absolute Gasteiger partial charge is 0.257 e. The predicted octanol–water partition coefficient (Wildman–Crippen LogP) is 3.88. The van der Waals surface area contributed by atoms with Crippen molar-refractivity contribution in [3.05, 3.63) is 84.2 Å². The maximum Gasteiger partial charge on any atom is 0.257 e. The van der Waals surface area contributed by atoms with Crippen molar-refractivity contribution < 1.29 is 14.1 Å². The highest BCUT2D eigenvalue weighted by atomic mass is 16.5. The van der Waals surface area contributed by atoms with Gasteiger partial charge in [-0.1, -0.05) is 53.7 Å². The van der Waals surface area contributed by atoms with Crippen LogP contribution in [0.15, 0.2) is 77.6 Å². The van der Waals surface area contributed by atoms with Crippen LogP contribution in [0.1, 0.15) is 15.9 Å². The molecular formula is C24H21N3O3. The van der Waals surface area contributed by atoms with E-state index in [0.717, 1.165) is 22.9 Å². The van der Waals surface area contributed by atoms with E-state index in [1.165, 1.54) is 11.8 Å². The molecule has 150 valence electrons. The summed E-state index contributed by atoms with van der Waals surface area (Å²) < 4.78 is 11.1. The van der Waals surface area contributed by atoms with Crippen LogP contribution in [0.3, 0.4) is 0 Å². The van der Waals surface area contributed by atoms with Crippen molar-refractivity contribution in [2.45, 2.75) is 12.5 Å². The van der Waals surface area contributed by atoms with E-state index in [9.17, 15) is 4.79 Å². The maximum absolute atomic E-state index is 13.0.